The Bertz CT molecular complexity index is 491. The van der Waals surface area contributed by atoms with Gasteiger partial charge in [0, 0.05) is 11.8 Å². The monoisotopic (exact) mass is 400 g/mol. The molecule has 0 bridgehead atoms. The molecule has 2 rings (SSSR count). The van der Waals surface area contributed by atoms with E-state index in [0.717, 1.165) is 51.9 Å². The van der Waals surface area contributed by atoms with Crippen LogP contribution in [0, 0.1) is 11.8 Å². The summed E-state index contributed by atoms with van der Waals surface area (Å²) in [6.07, 6.45) is -0.539. The van der Waals surface area contributed by atoms with E-state index in [9.17, 15) is 19.8 Å². The van der Waals surface area contributed by atoms with Crippen molar-refractivity contribution in [2.24, 2.45) is 11.8 Å². The Labute approximate surface area is 167 Å². The number of hydrogen-bond donors (Lipinski definition) is 4. The summed E-state index contributed by atoms with van der Waals surface area (Å²) in [5, 5.41) is 26.9. The quantitative estimate of drug-likeness (QED) is 0.452. The molecule has 8 heteroatoms. The van der Waals surface area contributed by atoms with Gasteiger partial charge < -0.3 is 30.3 Å². The first kappa shape index (κ1) is 23.1. The third kappa shape index (κ3) is 5.89. The Hall–Kier alpha value is -1.22. The normalized spacial score (nSPS) is 22.4. The van der Waals surface area contributed by atoms with Crippen LogP contribution in [0.15, 0.2) is 0 Å². The topological polar surface area (TPSA) is 117 Å². The summed E-state index contributed by atoms with van der Waals surface area (Å²) in [5.41, 5.74) is -1.59. The van der Waals surface area contributed by atoms with Gasteiger partial charge in [0.05, 0.1) is 0 Å². The molecule has 0 aromatic carbocycles. The highest BCUT2D eigenvalue weighted by molar-refractivity contribution is 5.85. The second-order valence-corrected chi connectivity index (χ2v) is 8.99. The fraction of sp³-hybridized carbons (Fsp3) is 0.900. The number of aliphatic hydroxyl groups excluding tert-OH is 2. The summed E-state index contributed by atoms with van der Waals surface area (Å²) in [6.45, 7) is 10.5. The van der Waals surface area contributed by atoms with Crippen molar-refractivity contribution >= 4 is 11.9 Å². The molecule has 0 saturated carbocycles. The van der Waals surface area contributed by atoms with Crippen molar-refractivity contribution in [3.63, 3.8) is 0 Å². The predicted octanol–water partition coefficient (Wildman–Crippen LogP) is 0.351. The van der Waals surface area contributed by atoms with E-state index in [1.165, 1.54) is 0 Å². The van der Waals surface area contributed by atoms with Crippen molar-refractivity contribution in [3.05, 3.63) is 0 Å². The standard InChI is InChI=1S/C20H36N2O6/c1-19(2,13-5-9-21-10-6-13)27-17(25)15(23)16(24)18(26)28-20(3,4)14-7-11-22-12-8-14/h13-16,21-24H,5-12H2,1-4H3. The third-order valence-corrected chi connectivity index (χ3v) is 6.15. The van der Waals surface area contributed by atoms with Crippen LogP contribution in [0.5, 0.6) is 0 Å². The van der Waals surface area contributed by atoms with Gasteiger partial charge >= 0.3 is 11.9 Å². The van der Waals surface area contributed by atoms with Crippen molar-refractivity contribution in [2.45, 2.75) is 76.8 Å². The minimum absolute atomic E-state index is 0.146. The lowest BCUT2D eigenvalue weighted by Gasteiger charge is -2.38. The largest absolute Gasteiger partial charge is 0.457 e. The summed E-state index contributed by atoms with van der Waals surface area (Å²) < 4.78 is 10.9. The van der Waals surface area contributed by atoms with Gasteiger partial charge in [-0.05, 0) is 79.6 Å². The molecule has 28 heavy (non-hydrogen) atoms. The van der Waals surface area contributed by atoms with Crippen LogP contribution in [0.2, 0.25) is 0 Å². The van der Waals surface area contributed by atoms with E-state index in [-0.39, 0.29) is 11.8 Å². The van der Waals surface area contributed by atoms with E-state index >= 15 is 0 Å². The first-order chi connectivity index (χ1) is 13.0. The zero-order valence-corrected chi connectivity index (χ0v) is 17.5. The molecule has 0 aromatic rings. The molecule has 2 fully saturated rings. The second kappa shape index (κ2) is 9.52. The van der Waals surface area contributed by atoms with Gasteiger partial charge in [0.1, 0.15) is 11.2 Å². The van der Waals surface area contributed by atoms with Crippen LogP contribution in [-0.4, -0.2) is 71.7 Å². The molecule has 2 atom stereocenters. The number of piperidine rings is 2. The molecule has 4 N–H and O–H groups in total. The fourth-order valence-electron chi connectivity index (χ4n) is 4.10. The number of carbonyl (C=O) groups is 2. The van der Waals surface area contributed by atoms with Crippen molar-refractivity contribution < 1.29 is 29.3 Å². The first-order valence-corrected chi connectivity index (χ1v) is 10.3. The van der Waals surface area contributed by atoms with Crippen molar-refractivity contribution in [1.29, 1.82) is 0 Å². The van der Waals surface area contributed by atoms with Crippen molar-refractivity contribution in [3.8, 4) is 0 Å². The minimum Gasteiger partial charge on any atom is -0.457 e. The summed E-state index contributed by atoms with van der Waals surface area (Å²) >= 11 is 0. The number of esters is 2. The smallest absolute Gasteiger partial charge is 0.338 e. The second-order valence-electron chi connectivity index (χ2n) is 8.99. The van der Waals surface area contributed by atoms with Crippen molar-refractivity contribution in [2.75, 3.05) is 26.2 Å². The van der Waals surface area contributed by atoms with E-state index in [4.69, 9.17) is 9.47 Å². The molecule has 0 radical (unpaired) electrons. The lowest BCUT2D eigenvalue weighted by molar-refractivity contribution is -0.192. The Morgan fingerprint density at radius 2 is 1.04 bits per heavy atom. The summed E-state index contributed by atoms with van der Waals surface area (Å²) in [5.74, 6) is -1.72. The highest BCUT2D eigenvalue weighted by atomic mass is 16.6. The average Bonchev–Trinajstić information content (AvgIpc) is 2.67. The number of carbonyl (C=O) groups excluding carboxylic acids is 2. The molecule has 2 unspecified atom stereocenters. The van der Waals surface area contributed by atoms with Crippen LogP contribution < -0.4 is 10.6 Å². The maximum absolute atomic E-state index is 12.4. The van der Waals surface area contributed by atoms with E-state index < -0.39 is 35.3 Å². The summed E-state index contributed by atoms with van der Waals surface area (Å²) in [7, 11) is 0. The minimum atomic E-state index is -1.97. The maximum Gasteiger partial charge on any atom is 0.338 e. The average molecular weight is 401 g/mol. The maximum atomic E-state index is 12.4. The molecule has 162 valence electrons. The third-order valence-electron chi connectivity index (χ3n) is 6.15. The van der Waals surface area contributed by atoms with Gasteiger partial charge in [-0.25, -0.2) is 9.59 Å². The van der Waals surface area contributed by atoms with E-state index in [1.54, 1.807) is 27.7 Å². The van der Waals surface area contributed by atoms with Gasteiger partial charge in [-0.3, -0.25) is 0 Å². The number of aliphatic hydroxyl groups is 2. The zero-order valence-electron chi connectivity index (χ0n) is 17.5. The van der Waals surface area contributed by atoms with E-state index in [1.807, 2.05) is 0 Å². The van der Waals surface area contributed by atoms with Gasteiger partial charge in [-0.2, -0.15) is 0 Å². The van der Waals surface area contributed by atoms with Gasteiger partial charge in [-0.1, -0.05) is 0 Å². The number of ether oxygens (including phenoxy) is 2. The molecular weight excluding hydrogens is 364 g/mol. The Morgan fingerprint density at radius 1 is 0.750 bits per heavy atom. The highest BCUT2D eigenvalue weighted by Crippen LogP contribution is 2.31. The molecule has 8 nitrogen and oxygen atoms in total. The molecule has 2 heterocycles. The van der Waals surface area contributed by atoms with Crippen LogP contribution in [0.4, 0.5) is 0 Å². The summed E-state index contributed by atoms with van der Waals surface area (Å²) in [6, 6.07) is 0. The van der Waals surface area contributed by atoms with E-state index in [2.05, 4.69) is 10.6 Å². The molecule has 0 aliphatic carbocycles. The van der Waals surface area contributed by atoms with Gasteiger partial charge in [-0.15, -0.1) is 0 Å². The number of rotatable bonds is 7. The lowest BCUT2D eigenvalue weighted by atomic mass is 9.83. The predicted molar refractivity (Wildman–Crippen MR) is 104 cm³/mol. The van der Waals surface area contributed by atoms with E-state index in [0.29, 0.717) is 0 Å². The SMILES string of the molecule is CC(C)(OC(=O)C(O)C(O)C(=O)OC(C)(C)C1CCNCC1)C1CCNCC1. The Kier molecular flexibility index (Phi) is 7.84. The molecule has 2 aliphatic heterocycles. The van der Waals surface area contributed by atoms with Gasteiger partial charge in [0.15, 0.2) is 12.2 Å². The molecule has 2 aliphatic rings. The van der Waals surface area contributed by atoms with Crippen LogP contribution in [0.25, 0.3) is 0 Å². The molecule has 0 aromatic heterocycles. The van der Waals surface area contributed by atoms with Crippen LogP contribution in [0.3, 0.4) is 0 Å². The first-order valence-electron chi connectivity index (χ1n) is 10.3. The van der Waals surface area contributed by atoms with Gasteiger partial charge in [0.2, 0.25) is 0 Å². The van der Waals surface area contributed by atoms with Crippen molar-refractivity contribution in [1.82, 2.24) is 10.6 Å². The Balaban J connectivity index is 1.91. The van der Waals surface area contributed by atoms with Crippen LogP contribution >= 0.6 is 0 Å². The molecule has 0 amide bonds. The van der Waals surface area contributed by atoms with Gasteiger partial charge in [0.25, 0.3) is 0 Å². The molecule has 2 saturated heterocycles. The molecular formula is C20H36N2O6. The number of hydrogen-bond acceptors (Lipinski definition) is 8. The zero-order chi connectivity index (χ0) is 20.9. The highest BCUT2D eigenvalue weighted by Gasteiger charge is 2.42. The fourth-order valence-corrected chi connectivity index (χ4v) is 4.10. The number of nitrogens with one attached hydrogen (secondary N) is 2. The van der Waals surface area contributed by atoms with Crippen LogP contribution in [0.1, 0.15) is 53.4 Å². The summed E-state index contributed by atoms with van der Waals surface area (Å²) in [4.78, 5) is 24.7. The lowest BCUT2D eigenvalue weighted by Crippen LogP contribution is -2.50. The van der Waals surface area contributed by atoms with Crippen LogP contribution in [-0.2, 0) is 19.1 Å². The molecule has 0 spiro atoms. The Morgan fingerprint density at radius 3 is 1.32 bits per heavy atom.